The van der Waals surface area contributed by atoms with Crippen molar-refractivity contribution in [3.63, 3.8) is 0 Å². The largest absolute Gasteiger partial charge is 0.481 e. The molecule has 2 aliphatic rings. The number of likely N-dealkylation sites (tertiary alicyclic amines) is 1. The average molecular weight is 302 g/mol. The first-order chi connectivity index (χ1) is 10.4. The highest BCUT2D eigenvalue weighted by Gasteiger charge is 2.44. The van der Waals surface area contributed by atoms with E-state index in [9.17, 15) is 19.5 Å². The summed E-state index contributed by atoms with van der Waals surface area (Å²) in [5.41, 5.74) is 0.569. The Morgan fingerprint density at radius 1 is 1.36 bits per heavy atom. The lowest BCUT2D eigenvalue weighted by Crippen LogP contribution is -2.39. The number of nitrogens with zero attached hydrogens (tertiary/aromatic N) is 1. The maximum absolute atomic E-state index is 12.8. The van der Waals surface area contributed by atoms with E-state index in [2.05, 4.69) is 5.32 Å². The molecule has 0 radical (unpaired) electrons. The Bertz CT molecular complexity index is 657. The molecule has 22 heavy (non-hydrogen) atoms. The molecule has 0 aliphatic carbocycles. The van der Waals surface area contributed by atoms with Gasteiger partial charge in [0.1, 0.15) is 0 Å². The average Bonchev–Trinajstić information content (AvgIpc) is 2.89. The van der Waals surface area contributed by atoms with E-state index in [-0.39, 0.29) is 24.8 Å². The van der Waals surface area contributed by atoms with Gasteiger partial charge in [0.25, 0.3) is 0 Å². The predicted molar refractivity (Wildman–Crippen MR) is 79.4 cm³/mol. The molecule has 116 valence electrons. The zero-order valence-electron chi connectivity index (χ0n) is 12.3. The maximum atomic E-state index is 12.8. The molecule has 2 heterocycles. The molecular formula is C16H18N2O4. The van der Waals surface area contributed by atoms with Gasteiger partial charge in [0.2, 0.25) is 11.8 Å². The molecule has 6 nitrogen and oxygen atoms in total. The van der Waals surface area contributed by atoms with Gasteiger partial charge in [0.05, 0.1) is 11.3 Å². The van der Waals surface area contributed by atoms with Crippen molar-refractivity contribution in [2.75, 3.05) is 18.4 Å². The number of nitrogens with one attached hydrogen (secondary N) is 1. The van der Waals surface area contributed by atoms with Crippen LogP contribution in [0, 0.1) is 5.41 Å². The predicted octanol–water partition coefficient (Wildman–Crippen LogP) is 1.44. The van der Waals surface area contributed by atoms with Crippen LogP contribution in [0.15, 0.2) is 24.3 Å². The van der Waals surface area contributed by atoms with Crippen LogP contribution in [0.5, 0.6) is 0 Å². The SMILES string of the molecule is C[C@]1(C(=O)O)CCN(C(=O)[C@@H]2CC(=O)Nc3ccccc32)C1. The Morgan fingerprint density at radius 2 is 2.09 bits per heavy atom. The molecule has 1 fully saturated rings. The van der Waals surface area contributed by atoms with Crippen LogP contribution in [0.3, 0.4) is 0 Å². The summed E-state index contributed by atoms with van der Waals surface area (Å²) in [6.07, 6.45) is 0.546. The number of carboxylic acids is 1. The molecule has 3 rings (SSSR count). The second-order valence-corrected chi connectivity index (χ2v) is 6.27. The van der Waals surface area contributed by atoms with Crippen LogP contribution in [0.4, 0.5) is 5.69 Å². The smallest absolute Gasteiger partial charge is 0.311 e. The molecule has 0 unspecified atom stereocenters. The second-order valence-electron chi connectivity index (χ2n) is 6.27. The zero-order chi connectivity index (χ0) is 15.9. The number of carbonyl (C=O) groups excluding carboxylic acids is 2. The number of benzene rings is 1. The molecule has 2 aliphatic heterocycles. The molecular weight excluding hydrogens is 284 g/mol. The summed E-state index contributed by atoms with van der Waals surface area (Å²) in [5, 5.41) is 12.0. The van der Waals surface area contributed by atoms with E-state index in [1.807, 2.05) is 18.2 Å². The van der Waals surface area contributed by atoms with E-state index in [0.717, 1.165) is 5.56 Å². The first-order valence-electron chi connectivity index (χ1n) is 7.32. The van der Waals surface area contributed by atoms with Crippen molar-refractivity contribution in [3.8, 4) is 0 Å². The number of rotatable bonds is 2. The normalized spacial score (nSPS) is 27.2. The van der Waals surface area contributed by atoms with Crippen molar-refractivity contribution in [3.05, 3.63) is 29.8 Å². The van der Waals surface area contributed by atoms with Gasteiger partial charge < -0.3 is 15.3 Å². The van der Waals surface area contributed by atoms with Crippen LogP contribution < -0.4 is 5.32 Å². The number of aliphatic carboxylic acids is 1. The van der Waals surface area contributed by atoms with Crippen molar-refractivity contribution in [1.29, 1.82) is 0 Å². The Labute approximate surface area is 128 Å². The minimum Gasteiger partial charge on any atom is -0.481 e. The van der Waals surface area contributed by atoms with Gasteiger partial charge in [0, 0.05) is 25.2 Å². The maximum Gasteiger partial charge on any atom is 0.311 e. The summed E-state index contributed by atoms with van der Waals surface area (Å²) < 4.78 is 0. The van der Waals surface area contributed by atoms with E-state index in [1.54, 1.807) is 17.9 Å². The van der Waals surface area contributed by atoms with Gasteiger partial charge in [-0.05, 0) is 25.0 Å². The van der Waals surface area contributed by atoms with Crippen molar-refractivity contribution in [1.82, 2.24) is 4.90 Å². The molecule has 0 spiro atoms. The molecule has 0 bridgehead atoms. The van der Waals surface area contributed by atoms with Crippen LogP contribution >= 0.6 is 0 Å². The molecule has 2 N–H and O–H groups in total. The minimum atomic E-state index is -0.897. The highest BCUT2D eigenvalue weighted by Crippen LogP contribution is 2.37. The standard InChI is InChI=1S/C16H18N2O4/c1-16(15(21)22)6-7-18(9-16)14(20)11-8-13(19)17-12-5-3-2-4-10(11)12/h2-5,11H,6-9H2,1H3,(H,17,19)(H,21,22)/t11-,16+/m1/s1. The first-order valence-corrected chi connectivity index (χ1v) is 7.32. The highest BCUT2D eigenvalue weighted by molar-refractivity contribution is 6.01. The van der Waals surface area contributed by atoms with Gasteiger partial charge in [-0.3, -0.25) is 14.4 Å². The van der Waals surface area contributed by atoms with Crippen LogP contribution in [0.1, 0.15) is 31.2 Å². The lowest BCUT2D eigenvalue weighted by Gasteiger charge is -2.29. The van der Waals surface area contributed by atoms with Gasteiger partial charge in [-0.25, -0.2) is 0 Å². The van der Waals surface area contributed by atoms with Gasteiger partial charge in [0.15, 0.2) is 0 Å². The molecule has 0 aromatic heterocycles. The fourth-order valence-electron chi connectivity index (χ4n) is 3.18. The van der Waals surface area contributed by atoms with E-state index < -0.39 is 17.3 Å². The number of hydrogen-bond acceptors (Lipinski definition) is 3. The Balaban J connectivity index is 1.85. The second kappa shape index (κ2) is 5.12. The number of amides is 2. The van der Waals surface area contributed by atoms with Crippen molar-refractivity contribution in [2.45, 2.75) is 25.7 Å². The van der Waals surface area contributed by atoms with Gasteiger partial charge in [-0.2, -0.15) is 0 Å². The number of fused-ring (bicyclic) bond motifs is 1. The lowest BCUT2D eigenvalue weighted by atomic mass is 9.88. The van der Waals surface area contributed by atoms with E-state index in [1.165, 1.54) is 0 Å². The fourth-order valence-corrected chi connectivity index (χ4v) is 3.18. The topological polar surface area (TPSA) is 86.7 Å². The third-order valence-corrected chi connectivity index (χ3v) is 4.60. The van der Waals surface area contributed by atoms with Crippen LogP contribution in [0.2, 0.25) is 0 Å². The van der Waals surface area contributed by atoms with Gasteiger partial charge in [-0.1, -0.05) is 18.2 Å². The number of hydrogen-bond donors (Lipinski definition) is 2. The van der Waals surface area contributed by atoms with E-state index >= 15 is 0 Å². The van der Waals surface area contributed by atoms with E-state index in [4.69, 9.17) is 0 Å². The van der Waals surface area contributed by atoms with Crippen molar-refractivity contribution < 1.29 is 19.5 Å². The number of carboxylic acid groups (broad SMARTS) is 1. The highest BCUT2D eigenvalue weighted by atomic mass is 16.4. The molecule has 1 aromatic carbocycles. The molecule has 2 amide bonds. The van der Waals surface area contributed by atoms with E-state index in [0.29, 0.717) is 18.7 Å². The van der Waals surface area contributed by atoms with Crippen LogP contribution in [-0.2, 0) is 14.4 Å². The molecule has 1 aromatic rings. The number of anilines is 1. The molecule has 1 saturated heterocycles. The van der Waals surface area contributed by atoms with Crippen molar-refractivity contribution >= 4 is 23.5 Å². The van der Waals surface area contributed by atoms with Gasteiger partial charge >= 0.3 is 5.97 Å². The summed E-state index contributed by atoms with van der Waals surface area (Å²) in [6.45, 7) is 2.27. The van der Waals surface area contributed by atoms with Crippen LogP contribution in [0.25, 0.3) is 0 Å². The van der Waals surface area contributed by atoms with Crippen molar-refractivity contribution in [2.24, 2.45) is 5.41 Å². The number of para-hydroxylation sites is 1. The summed E-state index contributed by atoms with van der Waals surface area (Å²) >= 11 is 0. The Morgan fingerprint density at radius 3 is 2.77 bits per heavy atom. The number of carbonyl (C=O) groups is 3. The van der Waals surface area contributed by atoms with Crippen LogP contribution in [-0.4, -0.2) is 40.9 Å². The third kappa shape index (κ3) is 2.34. The summed E-state index contributed by atoms with van der Waals surface area (Å²) in [4.78, 5) is 37.5. The Kier molecular flexibility index (Phi) is 3.39. The first kappa shape index (κ1) is 14.6. The third-order valence-electron chi connectivity index (χ3n) is 4.60. The van der Waals surface area contributed by atoms with Gasteiger partial charge in [-0.15, -0.1) is 0 Å². The lowest BCUT2D eigenvalue weighted by molar-refractivity contribution is -0.147. The summed E-state index contributed by atoms with van der Waals surface area (Å²) in [7, 11) is 0. The molecule has 6 heteroatoms. The molecule has 2 atom stereocenters. The summed E-state index contributed by atoms with van der Waals surface area (Å²) in [6, 6.07) is 7.26. The Hall–Kier alpha value is -2.37. The quantitative estimate of drug-likeness (QED) is 0.865. The minimum absolute atomic E-state index is 0.107. The molecule has 0 saturated carbocycles. The monoisotopic (exact) mass is 302 g/mol. The zero-order valence-corrected chi connectivity index (χ0v) is 12.3. The summed E-state index contributed by atoms with van der Waals surface area (Å²) in [5.74, 6) is -1.75. The fraction of sp³-hybridized carbons (Fsp3) is 0.438.